The van der Waals surface area contributed by atoms with E-state index in [1.54, 1.807) is 6.92 Å². The molecule has 106 valence electrons. The highest BCUT2D eigenvalue weighted by Gasteiger charge is 2.35. The SMILES string of the molecule is CCOC(=O)CNC(=O)N1CC(=O)NCC1C(=O)O. The van der Waals surface area contributed by atoms with Crippen LogP contribution in [-0.2, 0) is 19.1 Å². The number of carboxylic acids is 1. The van der Waals surface area contributed by atoms with E-state index in [1.807, 2.05) is 0 Å². The molecule has 3 N–H and O–H groups in total. The van der Waals surface area contributed by atoms with Crippen LogP contribution >= 0.6 is 0 Å². The lowest BCUT2D eigenvalue weighted by Gasteiger charge is -2.32. The Hall–Kier alpha value is -2.32. The molecule has 3 amide bonds. The molecule has 0 aromatic heterocycles. The lowest BCUT2D eigenvalue weighted by atomic mass is 10.2. The van der Waals surface area contributed by atoms with Crippen molar-refractivity contribution in [1.82, 2.24) is 15.5 Å². The Morgan fingerprint density at radius 2 is 2.21 bits per heavy atom. The summed E-state index contributed by atoms with van der Waals surface area (Å²) in [5.74, 6) is -2.32. The van der Waals surface area contributed by atoms with Gasteiger partial charge in [-0.1, -0.05) is 0 Å². The number of hydrogen-bond donors (Lipinski definition) is 3. The number of carbonyl (C=O) groups is 4. The Kier molecular flexibility index (Phi) is 5.10. The number of amides is 3. The second-order valence-corrected chi connectivity index (χ2v) is 3.75. The summed E-state index contributed by atoms with van der Waals surface area (Å²) in [6.07, 6.45) is 0. The van der Waals surface area contributed by atoms with E-state index in [-0.39, 0.29) is 26.2 Å². The maximum absolute atomic E-state index is 11.7. The molecule has 1 saturated heterocycles. The summed E-state index contributed by atoms with van der Waals surface area (Å²) in [5.41, 5.74) is 0. The Bertz CT molecular complexity index is 397. The number of piperazine rings is 1. The van der Waals surface area contributed by atoms with Crippen molar-refractivity contribution < 1.29 is 29.0 Å². The third kappa shape index (κ3) is 4.12. The number of aliphatic carboxylic acids is 1. The number of carboxylic acid groups (broad SMARTS) is 1. The molecule has 1 rings (SSSR count). The normalized spacial score (nSPS) is 18.5. The van der Waals surface area contributed by atoms with Gasteiger partial charge in [-0.3, -0.25) is 14.5 Å². The largest absolute Gasteiger partial charge is 0.480 e. The average Bonchev–Trinajstić information content (AvgIpc) is 2.35. The molecular weight excluding hydrogens is 258 g/mol. The molecule has 9 heteroatoms. The lowest BCUT2D eigenvalue weighted by molar-refractivity contribution is -0.144. The molecule has 1 heterocycles. The molecule has 0 radical (unpaired) electrons. The van der Waals surface area contributed by atoms with Crippen LogP contribution in [0.1, 0.15) is 6.92 Å². The Labute approximate surface area is 108 Å². The highest BCUT2D eigenvalue weighted by molar-refractivity contribution is 5.91. The molecule has 1 aliphatic heterocycles. The van der Waals surface area contributed by atoms with Gasteiger partial charge in [-0.25, -0.2) is 9.59 Å². The van der Waals surface area contributed by atoms with Crippen LogP contribution in [0.4, 0.5) is 4.79 Å². The van der Waals surface area contributed by atoms with Gasteiger partial charge in [-0.05, 0) is 6.92 Å². The fourth-order valence-corrected chi connectivity index (χ4v) is 1.54. The topological polar surface area (TPSA) is 125 Å². The van der Waals surface area contributed by atoms with Crippen molar-refractivity contribution in [3.63, 3.8) is 0 Å². The van der Waals surface area contributed by atoms with E-state index in [2.05, 4.69) is 15.4 Å². The Morgan fingerprint density at radius 3 is 2.79 bits per heavy atom. The first kappa shape index (κ1) is 14.7. The lowest BCUT2D eigenvalue weighted by Crippen LogP contribution is -2.61. The van der Waals surface area contributed by atoms with Crippen LogP contribution in [0.15, 0.2) is 0 Å². The van der Waals surface area contributed by atoms with Gasteiger partial charge in [0.25, 0.3) is 0 Å². The highest BCUT2D eigenvalue weighted by Crippen LogP contribution is 2.04. The number of hydrogen-bond acceptors (Lipinski definition) is 5. The van der Waals surface area contributed by atoms with Crippen molar-refractivity contribution in [2.24, 2.45) is 0 Å². The Balaban J connectivity index is 2.58. The number of carbonyl (C=O) groups excluding carboxylic acids is 3. The van der Waals surface area contributed by atoms with Gasteiger partial charge in [-0.2, -0.15) is 0 Å². The van der Waals surface area contributed by atoms with E-state index in [0.717, 1.165) is 4.90 Å². The zero-order valence-corrected chi connectivity index (χ0v) is 10.3. The predicted octanol–water partition coefficient (Wildman–Crippen LogP) is -1.86. The molecule has 1 aliphatic rings. The molecule has 0 spiro atoms. The smallest absolute Gasteiger partial charge is 0.328 e. The first-order valence-corrected chi connectivity index (χ1v) is 5.65. The Morgan fingerprint density at radius 1 is 1.53 bits per heavy atom. The zero-order chi connectivity index (χ0) is 14.4. The van der Waals surface area contributed by atoms with Gasteiger partial charge in [0.2, 0.25) is 5.91 Å². The van der Waals surface area contributed by atoms with Crippen molar-refractivity contribution in [3.8, 4) is 0 Å². The monoisotopic (exact) mass is 273 g/mol. The van der Waals surface area contributed by atoms with Gasteiger partial charge in [-0.15, -0.1) is 0 Å². The maximum Gasteiger partial charge on any atom is 0.328 e. The number of nitrogens with one attached hydrogen (secondary N) is 2. The molecule has 9 nitrogen and oxygen atoms in total. The summed E-state index contributed by atoms with van der Waals surface area (Å²) < 4.78 is 4.61. The van der Waals surface area contributed by atoms with E-state index in [1.165, 1.54) is 0 Å². The molecule has 0 bridgehead atoms. The van der Waals surface area contributed by atoms with Gasteiger partial charge in [0, 0.05) is 6.54 Å². The number of urea groups is 1. The molecule has 1 atom stereocenters. The summed E-state index contributed by atoms with van der Waals surface area (Å²) in [6, 6.07) is -1.95. The average molecular weight is 273 g/mol. The standard InChI is InChI=1S/C10H15N3O6/c1-2-19-8(15)4-12-10(18)13-5-7(14)11-3-6(13)9(16)17/h6H,2-5H2,1H3,(H,11,14)(H,12,18)(H,16,17). The second-order valence-electron chi connectivity index (χ2n) is 3.75. The molecule has 0 aromatic rings. The second kappa shape index (κ2) is 6.57. The molecule has 1 unspecified atom stereocenters. The van der Waals surface area contributed by atoms with E-state index in [0.29, 0.717) is 0 Å². The molecule has 19 heavy (non-hydrogen) atoms. The molecule has 0 aromatic carbocycles. The van der Waals surface area contributed by atoms with Gasteiger partial charge < -0.3 is 20.5 Å². The zero-order valence-electron chi connectivity index (χ0n) is 10.3. The van der Waals surface area contributed by atoms with Crippen LogP contribution in [0.2, 0.25) is 0 Å². The summed E-state index contributed by atoms with van der Waals surface area (Å²) in [6.45, 7) is 0.886. The fraction of sp³-hybridized carbons (Fsp3) is 0.600. The first-order chi connectivity index (χ1) is 8.95. The van der Waals surface area contributed by atoms with E-state index in [9.17, 15) is 19.2 Å². The summed E-state index contributed by atoms with van der Waals surface area (Å²) in [7, 11) is 0. The number of rotatable bonds is 4. The fourth-order valence-electron chi connectivity index (χ4n) is 1.54. The van der Waals surface area contributed by atoms with Crippen molar-refractivity contribution in [1.29, 1.82) is 0 Å². The minimum absolute atomic E-state index is 0.166. The third-order valence-corrected chi connectivity index (χ3v) is 2.42. The predicted molar refractivity (Wildman–Crippen MR) is 61.2 cm³/mol. The molecular formula is C10H15N3O6. The minimum atomic E-state index is -1.23. The van der Waals surface area contributed by atoms with Gasteiger partial charge >= 0.3 is 18.0 Å². The molecule has 0 aliphatic carbocycles. The van der Waals surface area contributed by atoms with Gasteiger partial charge in [0.05, 0.1) is 6.61 Å². The maximum atomic E-state index is 11.7. The van der Waals surface area contributed by atoms with Crippen molar-refractivity contribution in [2.75, 3.05) is 26.2 Å². The quantitative estimate of drug-likeness (QED) is 0.516. The van der Waals surface area contributed by atoms with Crippen molar-refractivity contribution >= 4 is 23.9 Å². The summed E-state index contributed by atoms with van der Waals surface area (Å²) >= 11 is 0. The van der Waals surface area contributed by atoms with Crippen molar-refractivity contribution in [3.05, 3.63) is 0 Å². The number of ether oxygens (including phenoxy) is 1. The summed E-state index contributed by atoms with van der Waals surface area (Å²) in [4.78, 5) is 45.8. The summed E-state index contributed by atoms with van der Waals surface area (Å²) in [5, 5.41) is 13.5. The van der Waals surface area contributed by atoms with E-state index < -0.39 is 29.9 Å². The van der Waals surface area contributed by atoms with Gasteiger partial charge in [0.15, 0.2) is 0 Å². The van der Waals surface area contributed by atoms with Crippen LogP contribution in [-0.4, -0.2) is 66.2 Å². The highest BCUT2D eigenvalue weighted by atomic mass is 16.5. The van der Waals surface area contributed by atoms with Crippen LogP contribution in [0, 0.1) is 0 Å². The number of esters is 1. The van der Waals surface area contributed by atoms with Crippen molar-refractivity contribution in [2.45, 2.75) is 13.0 Å². The minimum Gasteiger partial charge on any atom is -0.480 e. The van der Waals surface area contributed by atoms with Crippen LogP contribution in [0.5, 0.6) is 0 Å². The molecule has 0 saturated carbocycles. The number of nitrogens with zero attached hydrogens (tertiary/aromatic N) is 1. The van der Waals surface area contributed by atoms with Gasteiger partial charge in [0.1, 0.15) is 19.1 Å². The van der Waals surface area contributed by atoms with Crippen LogP contribution < -0.4 is 10.6 Å². The molecule has 1 fully saturated rings. The van der Waals surface area contributed by atoms with Crippen LogP contribution in [0.3, 0.4) is 0 Å². The van der Waals surface area contributed by atoms with Crippen LogP contribution in [0.25, 0.3) is 0 Å². The third-order valence-electron chi connectivity index (χ3n) is 2.42. The van der Waals surface area contributed by atoms with E-state index in [4.69, 9.17) is 5.11 Å². The van der Waals surface area contributed by atoms with E-state index >= 15 is 0 Å². The first-order valence-electron chi connectivity index (χ1n) is 5.65.